The van der Waals surface area contributed by atoms with Crippen LogP contribution in [-0.2, 0) is 5.54 Å². The van der Waals surface area contributed by atoms with Gasteiger partial charge in [0.05, 0.1) is 6.61 Å². The van der Waals surface area contributed by atoms with Gasteiger partial charge in [0.25, 0.3) is 5.56 Å². The first-order chi connectivity index (χ1) is 8.17. The normalized spacial score (nSPS) is 15.2. The van der Waals surface area contributed by atoms with Crippen LogP contribution in [0.2, 0.25) is 0 Å². The number of hydrogen-bond donors (Lipinski definition) is 3. The first-order valence-corrected chi connectivity index (χ1v) is 5.83. The lowest BCUT2D eigenvalue weighted by Crippen LogP contribution is -2.40. The van der Waals surface area contributed by atoms with Gasteiger partial charge in [-0.2, -0.15) is 0 Å². The zero-order chi connectivity index (χ0) is 14.0. The van der Waals surface area contributed by atoms with Crippen molar-refractivity contribution in [3.8, 4) is 0 Å². The second kappa shape index (κ2) is 5.07. The Morgan fingerprint density at radius 2 is 2.00 bits per heavy atom. The van der Waals surface area contributed by atoms with Crippen molar-refractivity contribution in [3.63, 3.8) is 0 Å². The Kier molecular flexibility index (Phi) is 4.13. The Morgan fingerprint density at radius 1 is 1.39 bits per heavy atom. The quantitative estimate of drug-likeness (QED) is 0.713. The molecule has 18 heavy (non-hydrogen) atoms. The highest BCUT2D eigenvalue weighted by molar-refractivity contribution is 5.31. The van der Waals surface area contributed by atoms with E-state index in [0.29, 0.717) is 0 Å². The number of nitrogens with zero attached hydrogens (tertiary/aromatic N) is 2. The van der Waals surface area contributed by atoms with Crippen molar-refractivity contribution in [2.45, 2.75) is 38.8 Å². The van der Waals surface area contributed by atoms with Crippen LogP contribution in [0.4, 0.5) is 5.82 Å². The summed E-state index contributed by atoms with van der Waals surface area (Å²) in [6, 6.07) is 0. The SMILES string of the molecule is CC(O)(CO)CNc1nccn(C(C)(C)C)c1=O. The molecule has 1 rings (SSSR count). The van der Waals surface area contributed by atoms with Crippen LogP contribution in [0, 0.1) is 0 Å². The van der Waals surface area contributed by atoms with Crippen molar-refractivity contribution in [2.75, 3.05) is 18.5 Å². The van der Waals surface area contributed by atoms with E-state index in [1.807, 2.05) is 20.8 Å². The monoisotopic (exact) mass is 255 g/mol. The van der Waals surface area contributed by atoms with E-state index in [0.717, 1.165) is 0 Å². The standard InChI is InChI=1S/C12H21N3O3/c1-11(2,3)15-6-5-13-9(10(15)17)14-7-12(4,18)8-16/h5-6,16,18H,7-8H2,1-4H3,(H,13,14). The van der Waals surface area contributed by atoms with E-state index in [1.54, 1.807) is 10.8 Å². The number of nitrogens with one attached hydrogen (secondary N) is 1. The molecular formula is C12H21N3O3. The molecule has 0 radical (unpaired) electrons. The molecule has 1 aromatic heterocycles. The van der Waals surface area contributed by atoms with Gasteiger partial charge in [-0.3, -0.25) is 4.79 Å². The molecule has 0 saturated heterocycles. The summed E-state index contributed by atoms with van der Waals surface area (Å²) in [5.41, 5.74) is -1.87. The fourth-order valence-corrected chi connectivity index (χ4v) is 1.39. The Hall–Kier alpha value is -1.40. The molecule has 0 bridgehead atoms. The molecule has 0 fully saturated rings. The number of anilines is 1. The Balaban J connectivity index is 2.96. The van der Waals surface area contributed by atoms with Crippen LogP contribution in [0.15, 0.2) is 17.2 Å². The summed E-state index contributed by atoms with van der Waals surface area (Å²) in [5, 5.41) is 21.3. The first-order valence-electron chi connectivity index (χ1n) is 5.83. The highest BCUT2D eigenvalue weighted by Crippen LogP contribution is 2.11. The van der Waals surface area contributed by atoms with Crippen molar-refractivity contribution < 1.29 is 10.2 Å². The van der Waals surface area contributed by atoms with Crippen molar-refractivity contribution >= 4 is 5.82 Å². The second-order valence-electron chi connectivity index (χ2n) is 5.63. The Labute approximate surface area is 106 Å². The summed E-state index contributed by atoms with van der Waals surface area (Å²) in [6.45, 7) is 6.90. The summed E-state index contributed by atoms with van der Waals surface area (Å²) in [4.78, 5) is 16.1. The molecule has 0 saturated carbocycles. The van der Waals surface area contributed by atoms with Gasteiger partial charge in [0.2, 0.25) is 0 Å². The third kappa shape index (κ3) is 3.54. The van der Waals surface area contributed by atoms with Crippen molar-refractivity contribution in [1.29, 1.82) is 0 Å². The van der Waals surface area contributed by atoms with Crippen LogP contribution >= 0.6 is 0 Å². The smallest absolute Gasteiger partial charge is 0.293 e. The molecule has 1 atom stereocenters. The molecule has 6 nitrogen and oxygen atoms in total. The van der Waals surface area contributed by atoms with Gasteiger partial charge in [0.15, 0.2) is 5.82 Å². The first kappa shape index (κ1) is 14.7. The summed E-state index contributed by atoms with van der Waals surface area (Å²) in [6.07, 6.45) is 3.15. The lowest BCUT2D eigenvalue weighted by molar-refractivity contribution is 0.0131. The average Bonchev–Trinajstić information content (AvgIpc) is 2.26. The molecule has 102 valence electrons. The van der Waals surface area contributed by atoms with Gasteiger partial charge in [-0.05, 0) is 27.7 Å². The maximum atomic E-state index is 12.1. The van der Waals surface area contributed by atoms with Crippen molar-refractivity contribution in [2.24, 2.45) is 0 Å². The second-order valence-corrected chi connectivity index (χ2v) is 5.63. The van der Waals surface area contributed by atoms with Gasteiger partial charge >= 0.3 is 0 Å². The van der Waals surface area contributed by atoms with Gasteiger partial charge in [-0.25, -0.2) is 4.98 Å². The van der Waals surface area contributed by atoms with Crippen LogP contribution < -0.4 is 10.9 Å². The maximum absolute atomic E-state index is 12.1. The van der Waals surface area contributed by atoms with Gasteiger partial charge in [-0.15, -0.1) is 0 Å². The highest BCUT2D eigenvalue weighted by atomic mass is 16.3. The van der Waals surface area contributed by atoms with Crippen molar-refractivity contribution in [3.05, 3.63) is 22.7 Å². The molecule has 0 spiro atoms. The minimum absolute atomic E-state index is 0.0555. The molecule has 0 aliphatic rings. The molecule has 1 aromatic rings. The number of aromatic nitrogens is 2. The molecule has 1 heterocycles. The average molecular weight is 255 g/mol. The number of aliphatic hydroxyl groups is 2. The van der Waals surface area contributed by atoms with Gasteiger partial charge in [0.1, 0.15) is 5.60 Å². The fraction of sp³-hybridized carbons (Fsp3) is 0.667. The predicted molar refractivity (Wildman–Crippen MR) is 69.7 cm³/mol. The van der Waals surface area contributed by atoms with E-state index >= 15 is 0 Å². The van der Waals surface area contributed by atoms with Gasteiger partial charge < -0.3 is 20.1 Å². The maximum Gasteiger partial charge on any atom is 0.293 e. The Bertz CT molecular complexity index is 460. The highest BCUT2D eigenvalue weighted by Gasteiger charge is 2.21. The topological polar surface area (TPSA) is 87.4 Å². The Morgan fingerprint density at radius 3 is 2.50 bits per heavy atom. The predicted octanol–water partition coefficient (Wildman–Crippen LogP) is 0.153. The minimum atomic E-state index is -1.28. The number of rotatable bonds is 4. The summed E-state index contributed by atoms with van der Waals surface area (Å²) < 4.78 is 1.57. The molecule has 6 heteroatoms. The van der Waals surface area contributed by atoms with Crippen LogP contribution in [0.5, 0.6) is 0 Å². The minimum Gasteiger partial charge on any atom is -0.393 e. The largest absolute Gasteiger partial charge is 0.393 e. The zero-order valence-electron chi connectivity index (χ0n) is 11.3. The van der Waals surface area contributed by atoms with Gasteiger partial charge in [-0.1, -0.05) is 0 Å². The fourth-order valence-electron chi connectivity index (χ4n) is 1.39. The molecule has 3 N–H and O–H groups in total. The van der Waals surface area contributed by atoms with E-state index in [-0.39, 0.29) is 30.1 Å². The van der Waals surface area contributed by atoms with E-state index in [4.69, 9.17) is 5.11 Å². The van der Waals surface area contributed by atoms with E-state index in [2.05, 4.69) is 10.3 Å². The third-order valence-corrected chi connectivity index (χ3v) is 2.54. The molecule has 0 aromatic carbocycles. The zero-order valence-corrected chi connectivity index (χ0v) is 11.3. The van der Waals surface area contributed by atoms with Crippen LogP contribution in [0.25, 0.3) is 0 Å². The molecule has 0 aliphatic carbocycles. The van der Waals surface area contributed by atoms with Crippen LogP contribution in [0.3, 0.4) is 0 Å². The third-order valence-electron chi connectivity index (χ3n) is 2.54. The molecule has 0 aliphatic heterocycles. The summed E-state index contributed by atoms with van der Waals surface area (Å²) in [5.74, 6) is 0.168. The van der Waals surface area contributed by atoms with E-state index in [1.165, 1.54) is 13.1 Å². The van der Waals surface area contributed by atoms with E-state index in [9.17, 15) is 9.90 Å². The molecule has 1 unspecified atom stereocenters. The lowest BCUT2D eigenvalue weighted by Gasteiger charge is -2.24. The molecular weight excluding hydrogens is 234 g/mol. The van der Waals surface area contributed by atoms with Gasteiger partial charge in [0, 0.05) is 24.5 Å². The van der Waals surface area contributed by atoms with Crippen LogP contribution in [-0.4, -0.2) is 38.5 Å². The molecule has 0 amide bonds. The van der Waals surface area contributed by atoms with E-state index < -0.39 is 5.60 Å². The lowest BCUT2D eigenvalue weighted by atomic mass is 10.1. The van der Waals surface area contributed by atoms with Crippen molar-refractivity contribution in [1.82, 2.24) is 9.55 Å². The number of aliphatic hydroxyl groups excluding tert-OH is 1. The summed E-state index contributed by atoms with van der Waals surface area (Å²) in [7, 11) is 0. The van der Waals surface area contributed by atoms with Crippen LogP contribution in [0.1, 0.15) is 27.7 Å². The summed E-state index contributed by atoms with van der Waals surface area (Å²) >= 11 is 0. The number of hydrogen-bond acceptors (Lipinski definition) is 5.